The minimum atomic E-state index is -2.77. The van der Waals surface area contributed by atoms with E-state index >= 15 is 0 Å². The highest BCUT2D eigenvalue weighted by molar-refractivity contribution is 6.99. The van der Waals surface area contributed by atoms with Crippen LogP contribution in [-0.4, -0.2) is 42.7 Å². The van der Waals surface area contributed by atoms with E-state index in [4.69, 9.17) is 14.1 Å². The number of benzene rings is 3. The van der Waals surface area contributed by atoms with Gasteiger partial charge in [0.05, 0.1) is 23.1 Å². The largest absolute Gasteiger partial charge is 0.478 e. The van der Waals surface area contributed by atoms with Gasteiger partial charge in [-0.05, 0) is 77.0 Å². The highest BCUT2D eigenvalue weighted by atomic mass is 28.4. The van der Waals surface area contributed by atoms with E-state index in [0.717, 1.165) is 33.4 Å². The molecule has 0 bridgehead atoms. The van der Waals surface area contributed by atoms with Gasteiger partial charge in [-0.3, -0.25) is 4.98 Å². The zero-order valence-electron chi connectivity index (χ0n) is 29.0. The summed E-state index contributed by atoms with van der Waals surface area (Å²) in [5.74, 6) is -0.937. The van der Waals surface area contributed by atoms with E-state index in [1.165, 1.54) is 10.4 Å². The first-order valence-corrected chi connectivity index (χ1v) is 18.4. The van der Waals surface area contributed by atoms with Gasteiger partial charge in [0.1, 0.15) is 0 Å². The fourth-order valence-electron chi connectivity index (χ4n) is 7.02. The lowest BCUT2D eigenvalue weighted by atomic mass is 9.84. The molecule has 0 fully saturated rings. The lowest BCUT2D eigenvalue weighted by Gasteiger charge is -2.44. The number of aromatic carboxylic acids is 1. The molecule has 6 nitrogen and oxygen atoms in total. The van der Waals surface area contributed by atoms with Gasteiger partial charge in [0.15, 0.2) is 0 Å². The molecule has 0 radical (unpaired) electrons. The molecule has 0 aliphatic rings. The number of aryl methyl sites for hydroxylation is 1. The van der Waals surface area contributed by atoms with Crippen LogP contribution in [0.1, 0.15) is 76.2 Å². The number of hydrogen-bond donors (Lipinski definition) is 1. The van der Waals surface area contributed by atoms with Crippen LogP contribution in [-0.2, 0) is 22.1 Å². The molecule has 7 heteroatoms. The number of ether oxygens (including phenoxy) is 1. The summed E-state index contributed by atoms with van der Waals surface area (Å²) >= 11 is 0. The van der Waals surface area contributed by atoms with E-state index in [-0.39, 0.29) is 22.1 Å². The van der Waals surface area contributed by atoms with Crippen LogP contribution in [0.4, 0.5) is 0 Å². The Morgan fingerprint density at radius 1 is 0.915 bits per heavy atom. The number of carbonyl (C=O) groups is 1. The molecule has 47 heavy (non-hydrogen) atoms. The summed E-state index contributed by atoms with van der Waals surface area (Å²) in [6.07, 6.45) is 2.25. The number of aromatic nitrogens is 2. The second-order valence-electron chi connectivity index (χ2n) is 14.2. The van der Waals surface area contributed by atoms with Gasteiger partial charge in [-0.1, -0.05) is 95.3 Å². The summed E-state index contributed by atoms with van der Waals surface area (Å²) in [6.45, 7) is 16.8. The fourth-order valence-corrected chi connectivity index (χ4v) is 11.8. The average molecular weight is 649 g/mol. The zero-order valence-corrected chi connectivity index (χ0v) is 30.0. The second kappa shape index (κ2) is 13.6. The predicted molar refractivity (Wildman–Crippen MR) is 194 cm³/mol. The van der Waals surface area contributed by atoms with Gasteiger partial charge in [-0.25, -0.2) is 4.79 Å². The summed E-state index contributed by atoms with van der Waals surface area (Å²) in [5.41, 5.74) is 4.96. The zero-order chi connectivity index (χ0) is 34.0. The van der Waals surface area contributed by atoms with Crippen molar-refractivity contribution in [3.05, 3.63) is 114 Å². The highest BCUT2D eigenvalue weighted by Gasteiger charge is 2.50. The van der Waals surface area contributed by atoms with Crippen LogP contribution in [0, 0.1) is 5.41 Å². The Hall–Kier alpha value is -4.04. The molecule has 0 saturated carbocycles. The van der Waals surface area contributed by atoms with Crippen molar-refractivity contribution in [3.8, 4) is 11.3 Å². The third-order valence-electron chi connectivity index (χ3n) is 9.32. The van der Waals surface area contributed by atoms with E-state index in [1.807, 2.05) is 25.1 Å². The monoisotopic (exact) mass is 648 g/mol. The number of methoxy groups -OCH3 is 1. The molecule has 2 heterocycles. The Labute approximate surface area is 280 Å². The minimum Gasteiger partial charge on any atom is -0.478 e. The summed E-state index contributed by atoms with van der Waals surface area (Å²) in [7, 11) is -1.07. The number of nitrogens with zero attached hydrogens (tertiary/aromatic N) is 2. The fraction of sp³-hybridized carbons (Fsp3) is 0.350. The first-order chi connectivity index (χ1) is 22.3. The third kappa shape index (κ3) is 6.57. The van der Waals surface area contributed by atoms with Gasteiger partial charge in [-0.2, -0.15) is 0 Å². The second-order valence-corrected chi connectivity index (χ2v) is 18.5. The van der Waals surface area contributed by atoms with E-state index in [9.17, 15) is 9.90 Å². The Balaban J connectivity index is 1.67. The summed E-state index contributed by atoms with van der Waals surface area (Å²) in [6, 6.07) is 31.0. The summed E-state index contributed by atoms with van der Waals surface area (Å²) in [4.78, 5) is 16.9. The van der Waals surface area contributed by atoms with Gasteiger partial charge in [0, 0.05) is 42.9 Å². The van der Waals surface area contributed by atoms with Crippen molar-refractivity contribution in [1.82, 2.24) is 9.55 Å². The lowest BCUT2D eigenvalue weighted by molar-refractivity contribution is 0.0697. The van der Waals surface area contributed by atoms with Gasteiger partial charge >= 0.3 is 5.97 Å². The van der Waals surface area contributed by atoms with Crippen LogP contribution in [0.15, 0.2) is 97.2 Å². The molecule has 3 aromatic carbocycles. The maximum Gasteiger partial charge on any atom is 0.335 e. The van der Waals surface area contributed by atoms with Crippen LogP contribution in [0.3, 0.4) is 0 Å². The minimum absolute atomic E-state index is 0.146. The molecule has 5 aromatic rings. The molecule has 0 amide bonds. The van der Waals surface area contributed by atoms with Gasteiger partial charge in [0.2, 0.25) is 0 Å². The topological polar surface area (TPSA) is 73.6 Å². The van der Waals surface area contributed by atoms with Crippen LogP contribution in [0.5, 0.6) is 0 Å². The third-order valence-corrected chi connectivity index (χ3v) is 14.3. The Bertz CT molecular complexity index is 1800. The molecule has 0 spiro atoms. The summed E-state index contributed by atoms with van der Waals surface area (Å²) < 4.78 is 15.5. The molecule has 5 rings (SSSR count). The smallest absolute Gasteiger partial charge is 0.335 e. The highest BCUT2D eigenvalue weighted by Crippen LogP contribution is 2.42. The number of carboxylic acid groups (broad SMARTS) is 1. The van der Waals surface area contributed by atoms with Gasteiger partial charge < -0.3 is 18.8 Å². The average Bonchev–Trinajstić information content (AvgIpc) is 3.36. The molecule has 246 valence electrons. The first kappa shape index (κ1) is 34.3. The van der Waals surface area contributed by atoms with E-state index in [1.54, 1.807) is 19.4 Å². The van der Waals surface area contributed by atoms with Crippen molar-refractivity contribution in [1.29, 1.82) is 0 Å². The Morgan fingerprint density at radius 2 is 1.53 bits per heavy atom. The van der Waals surface area contributed by atoms with Crippen molar-refractivity contribution in [2.45, 2.75) is 72.6 Å². The number of carboxylic acids is 1. The number of hydrogen-bond acceptors (Lipinski definition) is 4. The molecular formula is C40H48N2O4Si. The Morgan fingerprint density at radius 3 is 2.06 bits per heavy atom. The summed E-state index contributed by atoms with van der Waals surface area (Å²) in [5, 5.41) is 13.3. The number of pyridine rings is 1. The van der Waals surface area contributed by atoms with E-state index in [2.05, 4.69) is 113 Å². The van der Waals surface area contributed by atoms with E-state index < -0.39 is 14.3 Å². The maximum absolute atomic E-state index is 12.2. The standard InChI is InChI=1S/C40H48N2O4Si/c1-9-42-35-23-22-29(38(43)44)25-33(35)34(37(42)32-21-16-24-41-36(32)28(2)45-8)26-40(6,7)27-46-47(39(3,4)5,30-17-12-10-13-18-30)31-19-14-11-15-20-31/h10-25,28H,9,26-27H2,1-8H3,(H,43,44)/t28-/m0/s1. The van der Waals surface area contributed by atoms with Crippen molar-refractivity contribution >= 4 is 35.6 Å². The molecule has 0 aliphatic carbocycles. The molecule has 0 aliphatic heterocycles. The Kier molecular flexibility index (Phi) is 9.92. The van der Waals surface area contributed by atoms with Crippen LogP contribution >= 0.6 is 0 Å². The molecule has 0 unspecified atom stereocenters. The molecule has 2 aromatic heterocycles. The van der Waals surface area contributed by atoms with E-state index in [0.29, 0.717) is 19.6 Å². The predicted octanol–water partition coefficient (Wildman–Crippen LogP) is 8.27. The van der Waals surface area contributed by atoms with Gasteiger partial charge in [0.25, 0.3) is 8.32 Å². The van der Waals surface area contributed by atoms with Crippen molar-refractivity contribution in [2.24, 2.45) is 5.41 Å². The molecular weight excluding hydrogens is 601 g/mol. The molecule has 1 N–H and O–H groups in total. The van der Waals surface area contributed by atoms with Crippen molar-refractivity contribution in [3.63, 3.8) is 0 Å². The van der Waals surface area contributed by atoms with Gasteiger partial charge in [-0.15, -0.1) is 0 Å². The lowest BCUT2D eigenvalue weighted by Crippen LogP contribution is -2.67. The maximum atomic E-state index is 12.2. The molecule has 1 atom stereocenters. The molecule has 0 saturated heterocycles. The SMILES string of the molecule is CCn1c(-c2cccnc2[C@H](C)OC)c(CC(C)(C)CO[Si](c2ccccc2)(c2ccccc2)C(C)(C)C)c2cc(C(=O)O)ccc21. The van der Waals surface area contributed by atoms with Crippen LogP contribution in [0.25, 0.3) is 22.2 Å². The number of fused-ring (bicyclic) bond motifs is 1. The quantitative estimate of drug-likeness (QED) is 0.138. The van der Waals surface area contributed by atoms with Crippen LogP contribution < -0.4 is 10.4 Å². The van der Waals surface area contributed by atoms with Crippen molar-refractivity contribution in [2.75, 3.05) is 13.7 Å². The number of rotatable bonds is 12. The first-order valence-electron chi connectivity index (χ1n) is 16.5. The van der Waals surface area contributed by atoms with Crippen molar-refractivity contribution < 1.29 is 19.1 Å². The van der Waals surface area contributed by atoms with Crippen LogP contribution in [0.2, 0.25) is 5.04 Å². The normalized spacial score (nSPS) is 13.2.